The molecule has 1 fully saturated rings. The standard InChI is InChI=1S/C27H37N5O4/c1-5-11-31-15-18(12-20-19-9-8-10-21-25(19)17(14-29-21)13-22(20)31)26(35)32(27(36)28-7-3)23(6-2)30(4)16-24(33)34/h5,8-10,14,18,20,22-23,29H,1,6-7,11-13,15-16H2,2-4H3,(H,28,36)(H,33,34)/t18-,20-,22-,23?/m1/s1. The molecule has 2 aliphatic rings. The molecule has 1 unspecified atom stereocenters. The van der Waals surface area contributed by atoms with Gasteiger partial charge in [0.15, 0.2) is 0 Å². The van der Waals surface area contributed by atoms with Gasteiger partial charge in [0.2, 0.25) is 5.91 Å². The van der Waals surface area contributed by atoms with E-state index >= 15 is 0 Å². The van der Waals surface area contributed by atoms with Crippen LogP contribution in [0.2, 0.25) is 0 Å². The highest BCUT2D eigenvalue weighted by atomic mass is 16.4. The average Bonchev–Trinajstić information content (AvgIpc) is 3.26. The van der Waals surface area contributed by atoms with Crippen LogP contribution in [-0.4, -0.2) is 88.1 Å². The molecule has 3 amide bonds. The SMILES string of the molecule is C=CCN1C[C@H](C(=O)N(C(=O)NCC)C(CC)N(C)CC(=O)O)C[C@@H]2c3cccc4[nH]cc(c34)C[C@H]21. The van der Waals surface area contributed by atoms with Gasteiger partial charge in [-0.2, -0.15) is 0 Å². The molecule has 0 bridgehead atoms. The van der Waals surface area contributed by atoms with Crippen LogP contribution in [0.5, 0.6) is 0 Å². The number of piperidine rings is 1. The number of nitrogens with zero attached hydrogens (tertiary/aromatic N) is 3. The van der Waals surface area contributed by atoms with Crippen LogP contribution in [0.15, 0.2) is 37.1 Å². The lowest BCUT2D eigenvalue weighted by Gasteiger charge is -2.47. The zero-order valence-corrected chi connectivity index (χ0v) is 21.4. The van der Waals surface area contributed by atoms with Gasteiger partial charge >= 0.3 is 12.0 Å². The van der Waals surface area contributed by atoms with Crippen LogP contribution < -0.4 is 5.32 Å². The van der Waals surface area contributed by atoms with Gasteiger partial charge in [0.1, 0.15) is 0 Å². The van der Waals surface area contributed by atoms with E-state index in [1.807, 2.05) is 13.0 Å². The number of H-pyrrole nitrogens is 1. The van der Waals surface area contributed by atoms with Gasteiger partial charge in [-0.25, -0.2) is 9.69 Å². The molecule has 1 aliphatic carbocycles. The van der Waals surface area contributed by atoms with Crippen molar-refractivity contribution < 1.29 is 19.5 Å². The number of amides is 3. The minimum absolute atomic E-state index is 0.146. The fourth-order valence-corrected chi connectivity index (χ4v) is 6.18. The number of carboxylic acid groups (broad SMARTS) is 1. The van der Waals surface area contributed by atoms with Crippen LogP contribution in [0, 0.1) is 5.92 Å². The first kappa shape index (κ1) is 25.9. The molecule has 194 valence electrons. The molecule has 0 radical (unpaired) electrons. The number of carboxylic acids is 1. The summed E-state index contributed by atoms with van der Waals surface area (Å²) in [5.74, 6) is -1.52. The summed E-state index contributed by atoms with van der Waals surface area (Å²) < 4.78 is 0. The molecule has 2 aromatic rings. The Bertz CT molecular complexity index is 1140. The molecule has 9 heteroatoms. The number of carbonyl (C=O) groups is 3. The highest BCUT2D eigenvalue weighted by molar-refractivity contribution is 5.96. The molecule has 1 saturated heterocycles. The lowest BCUT2D eigenvalue weighted by molar-refractivity contribution is -0.145. The van der Waals surface area contributed by atoms with E-state index in [0.717, 1.165) is 11.9 Å². The number of aromatic amines is 1. The highest BCUT2D eigenvalue weighted by Crippen LogP contribution is 2.45. The Labute approximate surface area is 212 Å². The summed E-state index contributed by atoms with van der Waals surface area (Å²) in [6.07, 6.45) is 5.26. The maximum atomic E-state index is 14.1. The number of nitrogens with one attached hydrogen (secondary N) is 2. The van der Waals surface area contributed by atoms with E-state index < -0.39 is 24.1 Å². The predicted molar refractivity (Wildman–Crippen MR) is 139 cm³/mol. The summed E-state index contributed by atoms with van der Waals surface area (Å²) in [5.41, 5.74) is 3.65. The van der Waals surface area contributed by atoms with E-state index in [9.17, 15) is 19.5 Å². The maximum absolute atomic E-state index is 14.1. The fraction of sp³-hybridized carbons (Fsp3) is 0.519. The van der Waals surface area contributed by atoms with Crippen LogP contribution in [0.3, 0.4) is 0 Å². The van der Waals surface area contributed by atoms with Crippen LogP contribution in [0.4, 0.5) is 4.79 Å². The number of benzene rings is 1. The van der Waals surface area contributed by atoms with Crippen LogP contribution in [-0.2, 0) is 16.0 Å². The number of carbonyl (C=O) groups excluding carboxylic acids is 2. The zero-order valence-electron chi connectivity index (χ0n) is 21.4. The van der Waals surface area contributed by atoms with Gasteiger partial charge in [-0.3, -0.25) is 19.4 Å². The second-order valence-corrected chi connectivity index (χ2v) is 9.88. The third-order valence-corrected chi connectivity index (χ3v) is 7.63. The van der Waals surface area contributed by atoms with Crippen molar-refractivity contribution in [2.75, 3.05) is 33.2 Å². The lowest BCUT2D eigenvalue weighted by atomic mass is 9.72. The van der Waals surface area contributed by atoms with Gasteiger partial charge in [-0.05, 0) is 50.4 Å². The molecule has 1 aromatic heterocycles. The summed E-state index contributed by atoms with van der Waals surface area (Å²) in [4.78, 5) is 47.2. The van der Waals surface area contributed by atoms with E-state index in [2.05, 4.69) is 46.2 Å². The number of urea groups is 1. The Kier molecular flexibility index (Phi) is 7.80. The molecular weight excluding hydrogens is 458 g/mol. The topological polar surface area (TPSA) is 109 Å². The van der Waals surface area contributed by atoms with Crippen molar-refractivity contribution in [3.63, 3.8) is 0 Å². The molecule has 3 N–H and O–H groups in total. The number of aliphatic carboxylic acids is 1. The van der Waals surface area contributed by atoms with Crippen molar-refractivity contribution in [2.24, 2.45) is 5.92 Å². The largest absolute Gasteiger partial charge is 0.480 e. The normalized spacial score (nSPS) is 22.2. The number of fused-ring (bicyclic) bond motifs is 2. The van der Waals surface area contributed by atoms with Gasteiger partial charge in [-0.1, -0.05) is 25.1 Å². The number of likely N-dealkylation sites (tertiary alicyclic amines) is 1. The van der Waals surface area contributed by atoms with E-state index in [0.29, 0.717) is 32.5 Å². The average molecular weight is 496 g/mol. The van der Waals surface area contributed by atoms with Crippen molar-refractivity contribution in [2.45, 2.75) is 51.2 Å². The van der Waals surface area contributed by atoms with Gasteiger partial charge in [0.05, 0.1) is 18.6 Å². The number of likely N-dealkylation sites (N-methyl/N-ethyl adjacent to an activating group) is 1. The second-order valence-electron chi connectivity index (χ2n) is 9.88. The number of rotatable bonds is 9. The summed E-state index contributed by atoms with van der Waals surface area (Å²) in [6, 6.07) is 6.06. The summed E-state index contributed by atoms with van der Waals surface area (Å²) >= 11 is 0. The van der Waals surface area contributed by atoms with Gasteiger partial charge in [0, 0.05) is 48.7 Å². The van der Waals surface area contributed by atoms with E-state index in [4.69, 9.17) is 0 Å². The third kappa shape index (κ3) is 4.77. The number of imide groups is 1. The smallest absolute Gasteiger partial charge is 0.325 e. The zero-order chi connectivity index (χ0) is 26.0. The third-order valence-electron chi connectivity index (χ3n) is 7.63. The predicted octanol–water partition coefficient (Wildman–Crippen LogP) is 2.99. The molecule has 4 rings (SSSR count). The summed E-state index contributed by atoms with van der Waals surface area (Å²) in [5, 5.41) is 13.3. The highest BCUT2D eigenvalue weighted by Gasteiger charge is 2.45. The minimum Gasteiger partial charge on any atom is -0.480 e. The van der Waals surface area contributed by atoms with Crippen LogP contribution in [0.1, 0.15) is 43.7 Å². The van der Waals surface area contributed by atoms with Crippen molar-refractivity contribution >= 4 is 28.8 Å². The molecular formula is C27H37N5O4. The molecule has 0 saturated carbocycles. The Hall–Kier alpha value is -3.17. The number of aromatic nitrogens is 1. The summed E-state index contributed by atoms with van der Waals surface area (Å²) in [6.45, 7) is 8.89. The molecule has 1 aliphatic heterocycles. The Balaban J connectivity index is 1.69. The quantitative estimate of drug-likeness (QED) is 0.365. The molecule has 2 heterocycles. The van der Waals surface area contributed by atoms with Crippen molar-refractivity contribution in [1.29, 1.82) is 0 Å². The fourth-order valence-electron chi connectivity index (χ4n) is 6.18. The van der Waals surface area contributed by atoms with Crippen molar-refractivity contribution in [3.05, 3.63) is 48.2 Å². The van der Waals surface area contributed by atoms with Crippen molar-refractivity contribution in [1.82, 2.24) is 25.0 Å². The van der Waals surface area contributed by atoms with Crippen LogP contribution >= 0.6 is 0 Å². The minimum atomic E-state index is -1.01. The van der Waals surface area contributed by atoms with E-state index in [1.54, 1.807) is 18.9 Å². The van der Waals surface area contributed by atoms with Gasteiger partial charge in [-0.15, -0.1) is 6.58 Å². The van der Waals surface area contributed by atoms with Gasteiger partial charge in [0.25, 0.3) is 0 Å². The van der Waals surface area contributed by atoms with E-state index in [-0.39, 0.29) is 24.4 Å². The Morgan fingerprint density at radius 2 is 2.11 bits per heavy atom. The monoisotopic (exact) mass is 495 g/mol. The van der Waals surface area contributed by atoms with Crippen molar-refractivity contribution in [3.8, 4) is 0 Å². The van der Waals surface area contributed by atoms with Crippen LogP contribution in [0.25, 0.3) is 10.9 Å². The lowest BCUT2D eigenvalue weighted by Crippen LogP contribution is -2.60. The first-order chi connectivity index (χ1) is 17.3. The maximum Gasteiger partial charge on any atom is 0.325 e. The number of hydrogen-bond acceptors (Lipinski definition) is 5. The summed E-state index contributed by atoms with van der Waals surface area (Å²) in [7, 11) is 1.64. The molecule has 36 heavy (non-hydrogen) atoms. The Morgan fingerprint density at radius 1 is 1.33 bits per heavy atom. The molecule has 0 spiro atoms. The first-order valence-electron chi connectivity index (χ1n) is 12.8. The van der Waals surface area contributed by atoms with E-state index in [1.165, 1.54) is 21.4 Å². The van der Waals surface area contributed by atoms with Gasteiger partial charge < -0.3 is 15.4 Å². The second kappa shape index (κ2) is 10.8. The number of hydrogen-bond donors (Lipinski definition) is 3. The molecule has 1 aromatic carbocycles. The molecule has 4 atom stereocenters. The first-order valence-corrected chi connectivity index (χ1v) is 12.8. The Morgan fingerprint density at radius 3 is 2.78 bits per heavy atom. The molecule has 9 nitrogen and oxygen atoms in total.